The zero-order chi connectivity index (χ0) is 20.0. The van der Waals surface area contributed by atoms with E-state index in [2.05, 4.69) is 22.2 Å². The first-order chi connectivity index (χ1) is 13.4. The second-order valence-electron chi connectivity index (χ2n) is 7.90. The van der Waals surface area contributed by atoms with E-state index in [1.807, 2.05) is 38.7 Å². The molecule has 4 atom stereocenters. The lowest BCUT2D eigenvalue weighted by Gasteiger charge is -2.31. The van der Waals surface area contributed by atoms with Gasteiger partial charge in [0.25, 0.3) is 5.91 Å². The summed E-state index contributed by atoms with van der Waals surface area (Å²) >= 11 is 0. The van der Waals surface area contributed by atoms with Gasteiger partial charge >= 0.3 is 5.97 Å². The molecule has 0 saturated carbocycles. The smallest absolute Gasteiger partial charge is 0.309 e. The van der Waals surface area contributed by atoms with E-state index in [1.54, 1.807) is 10.6 Å². The number of aryl methyl sites for hydroxylation is 2. The number of carbonyl (C=O) groups is 2. The first kappa shape index (κ1) is 18.7. The molecule has 0 spiro atoms. The van der Waals surface area contributed by atoms with Gasteiger partial charge in [0.15, 0.2) is 11.3 Å². The van der Waals surface area contributed by atoms with Gasteiger partial charge in [0.05, 0.1) is 12.5 Å². The first-order valence-corrected chi connectivity index (χ1v) is 9.87. The van der Waals surface area contributed by atoms with Crippen LogP contribution in [0.25, 0.3) is 5.65 Å². The van der Waals surface area contributed by atoms with Crippen LogP contribution in [0.2, 0.25) is 0 Å². The van der Waals surface area contributed by atoms with Crippen molar-refractivity contribution < 1.29 is 14.3 Å². The highest BCUT2D eigenvalue weighted by Crippen LogP contribution is 2.40. The number of hydrogen-bond donors (Lipinski definition) is 0. The minimum Gasteiger partial charge on any atom is -0.466 e. The Morgan fingerprint density at radius 1 is 1.21 bits per heavy atom. The number of amides is 1. The van der Waals surface area contributed by atoms with E-state index in [0.717, 1.165) is 11.4 Å². The van der Waals surface area contributed by atoms with E-state index in [9.17, 15) is 9.59 Å². The van der Waals surface area contributed by atoms with Crippen molar-refractivity contribution in [3.8, 4) is 0 Å². The van der Waals surface area contributed by atoms with Crippen molar-refractivity contribution in [2.45, 2.75) is 27.7 Å². The van der Waals surface area contributed by atoms with Gasteiger partial charge in [0.2, 0.25) is 0 Å². The van der Waals surface area contributed by atoms with E-state index in [0.29, 0.717) is 31.0 Å². The molecule has 0 radical (unpaired) electrons. The summed E-state index contributed by atoms with van der Waals surface area (Å²) in [6.07, 6.45) is 4.23. The second-order valence-corrected chi connectivity index (χ2v) is 7.90. The third-order valence-corrected chi connectivity index (χ3v) is 5.90. The lowest BCUT2D eigenvalue weighted by Crippen LogP contribution is -2.37. The summed E-state index contributed by atoms with van der Waals surface area (Å²) in [5.41, 5.74) is 2.91. The van der Waals surface area contributed by atoms with Crippen molar-refractivity contribution >= 4 is 17.5 Å². The van der Waals surface area contributed by atoms with Crippen LogP contribution >= 0.6 is 0 Å². The van der Waals surface area contributed by atoms with Crippen LogP contribution in [0.5, 0.6) is 0 Å². The molecular weight excluding hydrogens is 356 g/mol. The molecule has 1 aliphatic heterocycles. The summed E-state index contributed by atoms with van der Waals surface area (Å²) in [5, 5.41) is 4.47. The van der Waals surface area contributed by atoms with Gasteiger partial charge in [-0.1, -0.05) is 19.1 Å². The molecule has 2 aliphatic rings. The van der Waals surface area contributed by atoms with Crippen LogP contribution in [0.4, 0.5) is 0 Å². The fourth-order valence-corrected chi connectivity index (χ4v) is 4.61. The van der Waals surface area contributed by atoms with Gasteiger partial charge in [-0.25, -0.2) is 9.50 Å². The van der Waals surface area contributed by atoms with Crippen LogP contribution in [-0.2, 0) is 9.53 Å². The van der Waals surface area contributed by atoms with Crippen molar-refractivity contribution in [3.05, 3.63) is 41.4 Å². The summed E-state index contributed by atoms with van der Waals surface area (Å²) in [6, 6.07) is 3.68. The summed E-state index contributed by atoms with van der Waals surface area (Å²) < 4.78 is 7.01. The van der Waals surface area contributed by atoms with Gasteiger partial charge < -0.3 is 9.64 Å². The van der Waals surface area contributed by atoms with Crippen LogP contribution in [0.1, 0.15) is 35.7 Å². The number of esters is 1. The van der Waals surface area contributed by atoms with Crippen LogP contribution in [-0.4, -0.2) is 51.1 Å². The maximum atomic E-state index is 13.1. The molecule has 1 fully saturated rings. The van der Waals surface area contributed by atoms with Crippen molar-refractivity contribution in [2.24, 2.45) is 23.7 Å². The number of rotatable bonds is 3. The van der Waals surface area contributed by atoms with Gasteiger partial charge in [0, 0.05) is 30.5 Å². The maximum Gasteiger partial charge on any atom is 0.309 e. The molecule has 1 saturated heterocycles. The number of fused-ring (bicyclic) bond motifs is 2. The Hall–Kier alpha value is -2.70. The van der Waals surface area contributed by atoms with Crippen molar-refractivity contribution in [2.75, 3.05) is 19.7 Å². The predicted molar refractivity (Wildman–Crippen MR) is 104 cm³/mol. The average Bonchev–Trinajstić information content (AvgIpc) is 3.25. The molecule has 1 amide bonds. The Morgan fingerprint density at radius 3 is 2.75 bits per heavy atom. The highest BCUT2D eigenvalue weighted by molar-refractivity contribution is 5.93. The van der Waals surface area contributed by atoms with Crippen molar-refractivity contribution in [1.82, 2.24) is 19.5 Å². The Bertz CT molecular complexity index is 964. The third-order valence-electron chi connectivity index (χ3n) is 5.90. The zero-order valence-electron chi connectivity index (χ0n) is 16.8. The molecule has 0 N–H and O–H groups in total. The molecule has 2 aromatic rings. The van der Waals surface area contributed by atoms with Crippen LogP contribution in [0.3, 0.4) is 0 Å². The quantitative estimate of drug-likeness (QED) is 0.602. The van der Waals surface area contributed by atoms with Crippen molar-refractivity contribution in [1.29, 1.82) is 0 Å². The predicted octanol–water partition coefficient (Wildman–Crippen LogP) is 2.42. The standard InChI is InChI=1S/C21H26N4O3/c1-5-28-21(27)19-12(2)6-7-15-10-24(11-16(15)19)20(26)17-9-18-22-13(3)8-14(4)25(18)23-17/h6-9,12,15-16,19H,5,10-11H2,1-4H3/t12-,15-,16-,19-/m0/s1. The molecule has 7 nitrogen and oxygen atoms in total. The number of allylic oxidation sites excluding steroid dienone is 1. The van der Waals surface area contributed by atoms with Gasteiger partial charge in [0.1, 0.15) is 0 Å². The fraction of sp³-hybridized carbons (Fsp3) is 0.524. The molecular formula is C21H26N4O3. The Morgan fingerprint density at radius 2 is 2.00 bits per heavy atom. The SMILES string of the molecule is CCOC(=O)[C@@H]1[C@H]2CN(C(=O)c3cc4nc(C)cc(C)n4n3)C[C@@H]2C=C[C@@H]1C. The third kappa shape index (κ3) is 3.08. The summed E-state index contributed by atoms with van der Waals surface area (Å²) in [7, 11) is 0. The maximum absolute atomic E-state index is 13.1. The normalized spacial score (nSPS) is 26.5. The van der Waals surface area contributed by atoms with Gasteiger partial charge in [-0.05, 0) is 44.6 Å². The first-order valence-electron chi connectivity index (χ1n) is 9.87. The molecule has 0 unspecified atom stereocenters. The average molecular weight is 382 g/mol. The number of ether oxygens (including phenoxy) is 1. The van der Waals surface area contributed by atoms with E-state index >= 15 is 0 Å². The van der Waals surface area contributed by atoms with Crippen LogP contribution < -0.4 is 0 Å². The lowest BCUT2D eigenvalue weighted by molar-refractivity contribution is -0.152. The molecule has 2 aromatic heterocycles. The number of aromatic nitrogens is 3. The minimum absolute atomic E-state index is 0.0853. The highest BCUT2D eigenvalue weighted by atomic mass is 16.5. The number of carbonyl (C=O) groups excluding carboxylic acids is 2. The van der Waals surface area contributed by atoms with Crippen LogP contribution in [0, 0.1) is 37.5 Å². The van der Waals surface area contributed by atoms with E-state index in [1.165, 1.54) is 0 Å². The molecule has 0 aromatic carbocycles. The van der Waals surface area contributed by atoms with E-state index in [4.69, 9.17) is 4.74 Å². The molecule has 7 heteroatoms. The second kappa shape index (κ2) is 7.04. The summed E-state index contributed by atoms with van der Waals surface area (Å²) in [5.74, 6) is -0.108. The van der Waals surface area contributed by atoms with Gasteiger partial charge in [-0.3, -0.25) is 9.59 Å². The van der Waals surface area contributed by atoms with Crippen LogP contribution in [0.15, 0.2) is 24.3 Å². The number of likely N-dealkylation sites (tertiary alicyclic amines) is 1. The summed E-state index contributed by atoms with van der Waals surface area (Å²) in [6.45, 7) is 9.25. The van der Waals surface area contributed by atoms with Gasteiger partial charge in [-0.2, -0.15) is 5.10 Å². The topological polar surface area (TPSA) is 76.8 Å². The Balaban J connectivity index is 1.58. The molecule has 148 valence electrons. The number of hydrogen-bond acceptors (Lipinski definition) is 5. The lowest BCUT2D eigenvalue weighted by atomic mass is 9.72. The molecule has 28 heavy (non-hydrogen) atoms. The largest absolute Gasteiger partial charge is 0.466 e. The highest BCUT2D eigenvalue weighted by Gasteiger charge is 2.46. The zero-order valence-corrected chi connectivity index (χ0v) is 16.8. The minimum atomic E-state index is -0.208. The van der Waals surface area contributed by atoms with E-state index < -0.39 is 0 Å². The van der Waals surface area contributed by atoms with Gasteiger partial charge in [-0.15, -0.1) is 0 Å². The number of nitrogens with zero attached hydrogens (tertiary/aromatic N) is 4. The Labute approximate surface area is 164 Å². The van der Waals surface area contributed by atoms with Crippen molar-refractivity contribution in [3.63, 3.8) is 0 Å². The molecule has 4 rings (SSSR count). The summed E-state index contributed by atoms with van der Waals surface area (Å²) in [4.78, 5) is 31.9. The monoisotopic (exact) mass is 382 g/mol. The molecule has 3 heterocycles. The fourth-order valence-electron chi connectivity index (χ4n) is 4.61. The van der Waals surface area contributed by atoms with E-state index in [-0.39, 0.29) is 35.5 Å². The molecule has 0 bridgehead atoms. The molecule has 1 aliphatic carbocycles. The Kier molecular flexibility index (Phi) is 4.69.